The van der Waals surface area contributed by atoms with Gasteiger partial charge < -0.3 is 24.6 Å². The van der Waals surface area contributed by atoms with Gasteiger partial charge in [0.25, 0.3) is 0 Å². The number of benzene rings is 2. The first-order valence-electron chi connectivity index (χ1n) is 15.0. The smallest absolute Gasteiger partial charge is 0.418 e. The molecule has 1 saturated heterocycles. The standard InChI is InChI=1S/C33H33F3N4O4/c1-39(2)19-4-3-13-40(17-19)25-8-5-18(14-24(25)33(34,35)36)26(41)16-23-30-22-15-20(6-9-27(22)44-31(23)30)43-28-11-12-37-32-21(28)7-10-29(42)38-32/h5-6,8-9,11-12,14-15,19,23,30-31H,3-4,7,10,13,16-17H2,1-2H3,(H,37,38,42)/t19-,23+,30+,31-/m1/s1. The Morgan fingerprint density at radius 2 is 2.00 bits per heavy atom. The summed E-state index contributed by atoms with van der Waals surface area (Å²) in [4.78, 5) is 33.1. The number of hydrogen-bond acceptors (Lipinski definition) is 7. The molecule has 1 N–H and O–H groups in total. The van der Waals surface area contributed by atoms with E-state index in [2.05, 4.69) is 10.3 Å². The van der Waals surface area contributed by atoms with Crippen molar-refractivity contribution < 1.29 is 32.2 Å². The average Bonchev–Trinajstić information content (AvgIpc) is 3.52. The van der Waals surface area contributed by atoms with Crippen LogP contribution >= 0.6 is 0 Å². The van der Waals surface area contributed by atoms with Crippen LogP contribution in [0.25, 0.3) is 0 Å². The van der Waals surface area contributed by atoms with Crippen molar-refractivity contribution >= 4 is 23.2 Å². The molecule has 2 aromatic carbocycles. The molecule has 0 unspecified atom stereocenters. The Hall–Kier alpha value is -4.12. The fourth-order valence-corrected chi connectivity index (χ4v) is 6.88. The van der Waals surface area contributed by atoms with E-state index < -0.39 is 11.7 Å². The monoisotopic (exact) mass is 606 g/mol. The largest absolute Gasteiger partial charge is 0.489 e. The van der Waals surface area contributed by atoms with Crippen molar-refractivity contribution in [3.8, 4) is 17.2 Å². The van der Waals surface area contributed by atoms with Crippen LogP contribution in [0.15, 0.2) is 48.7 Å². The summed E-state index contributed by atoms with van der Waals surface area (Å²) in [6.45, 7) is 1.06. The van der Waals surface area contributed by atoms with Crippen LogP contribution in [-0.4, -0.2) is 60.9 Å². The highest BCUT2D eigenvalue weighted by molar-refractivity contribution is 5.97. The summed E-state index contributed by atoms with van der Waals surface area (Å²) in [5.74, 6) is 1.87. The molecule has 230 valence electrons. The Kier molecular flexibility index (Phi) is 7.03. The number of nitrogens with zero attached hydrogens (tertiary/aromatic N) is 3. The van der Waals surface area contributed by atoms with Gasteiger partial charge in [0.15, 0.2) is 5.78 Å². The van der Waals surface area contributed by atoms with Gasteiger partial charge in [-0.1, -0.05) is 0 Å². The molecule has 4 heterocycles. The number of fused-ring (bicyclic) bond motifs is 4. The van der Waals surface area contributed by atoms with Crippen LogP contribution in [0.3, 0.4) is 0 Å². The second-order valence-corrected chi connectivity index (χ2v) is 12.3. The van der Waals surface area contributed by atoms with E-state index in [1.807, 2.05) is 31.1 Å². The number of alkyl halides is 3. The molecule has 0 bridgehead atoms. The highest BCUT2D eigenvalue weighted by Gasteiger charge is 2.59. The summed E-state index contributed by atoms with van der Waals surface area (Å²) < 4.78 is 55.0. The molecule has 8 nitrogen and oxygen atoms in total. The predicted octanol–water partition coefficient (Wildman–Crippen LogP) is 6.06. The lowest BCUT2D eigenvalue weighted by Crippen LogP contribution is -2.45. The first kappa shape index (κ1) is 28.6. The van der Waals surface area contributed by atoms with Crippen LogP contribution < -0.4 is 19.7 Å². The van der Waals surface area contributed by atoms with Gasteiger partial charge in [-0.3, -0.25) is 9.59 Å². The third-order valence-corrected chi connectivity index (χ3v) is 9.31. The maximum atomic E-state index is 14.2. The second kappa shape index (κ2) is 10.8. The molecule has 2 fully saturated rings. The zero-order valence-electron chi connectivity index (χ0n) is 24.5. The first-order valence-corrected chi connectivity index (χ1v) is 15.0. The molecule has 1 aliphatic carbocycles. The van der Waals surface area contributed by atoms with Crippen molar-refractivity contribution in [3.05, 3.63) is 70.9 Å². The molecular weight excluding hydrogens is 573 g/mol. The van der Waals surface area contributed by atoms with Gasteiger partial charge in [0.1, 0.15) is 29.2 Å². The molecule has 1 aromatic heterocycles. The Morgan fingerprint density at radius 1 is 1.16 bits per heavy atom. The van der Waals surface area contributed by atoms with Crippen LogP contribution in [0, 0.1) is 5.92 Å². The van der Waals surface area contributed by atoms with E-state index in [9.17, 15) is 22.8 Å². The number of carbonyl (C=O) groups is 2. The number of hydrogen-bond donors (Lipinski definition) is 1. The lowest BCUT2D eigenvalue weighted by molar-refractivity contribution is -0.137. The minimum absolute atomic E-state index is 0.0270. The number of ether oxygens (including phenoxy) is 2. The number of ketones is 1. The Morgan fingerprint density at radius 3 is 2.80 bits per heavy atom. The minimum Gasteiger partial charge on any atom is -0.489 e. The van der Waals surface area contributed by atoms with Crippen LogP contribution in [-0.2, 0) is 17.4 Å². The molecule has 4 aliphatic rings. The van der Waals surface area contributed by atoms with Crippen LogP contribution in [0.1, 0.15) is 58.6 Å². The number of rotatable bonds is 7. The molecule has 44 heavy (non-hydrogen) atoms. The van der Waals surface area contributed by atoms with Crippen molar-refractivity contribution in [2.75, 3.05) is 37.4 Å². The molecule has 1 saturated carbocycles. The fraction of sp³-hybridized carbons (Fsp3) is 0.424. The zero-order chi connectivity index (χ0) is 30.7. The van der Waals surface area contributed by atoms with Crippen molar-refractivity contribution in [1.82, 2.24) is 9.88 Å². The maximum Gasteiger partial charge on any atom is 0.418 e. The van der Waals surface area contributed by atoms with Gasteiger partial charge in [0, 0.05) is 72.4 Å². The quantitative estimate of drug-likeness (QED) is 0.328. The SMILES string of the molecule is CN(C)[C@@H]1CCCN(c2ccc(C(=O)C[C@@H]3[C@H]4Oc5ccc(Oc6ccnc7c6CCC(=O)N7)cc5[C@@H]34)cc2C(F)(F)F)C1. The number of nitrogens with one attached hydrogen (secondary N) is 1. The molecule has 0 spiro atoms. The van der Waals surface area contributed by atoms with Gasteiger partial charge in [-0.15, -0.1) is 0 Å². The Bertz CT molecular complexity index is 1640. The van der Waals surface area contributed by atoms with Crippen molar-refractivity contribution in [2.45, 2.75) is 56.3 Å². The molecule has 7 rings (SSSR count). The predicted molar refractivity (Wildman–Crippen MR) is 158 cm³/mol. The minimum atomic E-state index is -4.58. The van der Waals surface area contributed by atoms with Gasteiger partial charge >= 0.3 is 6.18 Å². The topological polar surface area (TPSA) is 84.0 Å². The summed E-state index contributed by atoms with van der Waals surface area (Å²) in [6, 6.07) is 11.5. The molecular formula is C33H33F3N4O4. The molecule has 11 heteroatoms. The Balaban J connectivity index is 1.06. The van der Waals surface area contributed by atoms with E-state index in [1.54, 1.807) is 23.2 Å². The zero-order valence-corrected chi connectivity index (χ0v) is 24.5. The van der Waals surface area contributed by atoms with Gasteiger partial charge in [-0.25, -0.2) is 4.98 Å². The number of amides is 1. The average molecular weight is 607 g/mol. The van der Waals surface area contributed by atoms with Crippen LogP contribution in [0.5, 0.6) is 17.2 Å². The lowest BCUT2D eigenvalue weighted by Gasteiger charge is -2.38. The third-order valence-electron chi connectivity index (χ3n) is 9.31. The van der Waals surface area contributed by atoms with Crippen molar-refractivity contribution in [1.29, 1.82) is 0 Å². The highest BCUT2D eigenvalue weighted by atomic mass is 19.4. The van der Waals surface area contributed by atoms with E-state index in [1.165, 1.54) is 12.1 Å². The molecule has 4 atom stereocenters. The number of piperidine rings is 1. The molecule has 3 aliphatic heterocycles. The van der Waals surface area contributed by atoms with Gasteiger partial charge in [0.05, 0.1) is 5.56 Å². The molecule has 3 aromatic rings. The third kappa shape index (κ3) is 5.27. The summed E-state index contributed by atoms with van der Waals surface area (Å²) in [5, 5.41) is 2.77. The fourth-order valence-electron chi connectivity index (χ4n) is 6.88. The van der Waals surface area contributed by atoms with E-state index in [0.29, 0.717) is 43.2 Å². The summed E-state index contributed by atoms with van der Waals surface area (Å²) in [5.41, 5.74) is 1.19. The number of carbonyl (C=O) groups excluding carboxylic acids is 2. The van der Waals surface area contributed by atoms with E-state index in [4.69, 9.17) is 9.47 Å². The van der Waals surface area contributed by atoms with Crippen LogP contribution in [0.4, 0.5) is 24.7 Å². The number of likely N-dealkylation sites (N-methyl/N-ethyl adjacent to an activating group) is 1. The second-order valence-electron chi connectivity index (χ2n) is 12.3. The number of anilines is 2. The maximum absolute atomic E-state index is 14.2. The summed E-state index contributed by atoms with van der Waals surface area (Å²) in [6.07, 6.45) is -0.457. The Labute approximate surface area is 253 Å². The van der Waals surface area contributed by atoms with E-state index in [0.717, 1.165) is 35.8 Å². The normalized spacial score (nSPS) is 23.8. The van der Waals surface area contributed by atoms with Crippen molar-refractivity contribution in [2.24, 2.45) is 5.92 Å². The highest BCUT2D eigenvalue weighted by Crippen LogP contribution is 2.60. The molecule has 1 amide bonds. The summed E-state index contributed by atoms with van der Waals surface area (Å²) >= 11 is 0. The van der Waals surface area contributed by atoms with Crippen LogP contribution in [0.2, 0.25) is 0 Å². The first-order chi connectivity index (χ1) is 21.1. The lowest BCUT2D eigenvalue weighted by atomic mass is 9.97. The van der Waals surface area contributed by atoms with Gasteiger partial charge in [0.2, 0.25) is 5.91 Å². The van der Waals surface area contributed by atoms with E-state index in [-0.39, 0.29) is 53.3 Å². The number of Topliss-reactive ketones (excluding diaryl/α,β-unsaturated/α-hetero) is 1. The number of pyridine rings is 1. The van der Waals surface area contributed by atoms with Crippen molar-refractivity contribution in [3.63, 3.8) is 0 Å². The summed E-state index contributed by atoms with van der Waals surface area (Å²) in [7, 11) is 3.89. The number of aromatic nitrogens is 1. The molecule has 0 radical (unpaired) electrons. The van der Waals surface area contributed by atoms with Gasteiger partial charge in [-0.2, -0.15) is 13.2 Å². The van der Waals surface area contributed by atoms with Gasteiger partial charge in [-0.05, 0) is 75.8 Å². The number of halogens is 3. The van der Waals surface area contributed by atoms with E-state index >= 15 is 0 Å².